The molecule has 0 radical (unpaired) electrons. The van der Waals surface area contributed by atoms with Crippen molar-refractivity contribution < 1.29 is 9.53 Å². The number of hydrogen-bond donors (Lipinski definition) is 1. The summed E-state index contributed by atoms with van der Waals surface area (Å²) >= 11 is 3.28. The third kappa shape index (κ3) is 18.0. The van der Waals surface area contributed by atoms with E-state index in [-0.39, 0.29) is 5.92 Å². The number of H-pyrrole nitrogens is 1. The molecule has 1 N–H and O–H groups in total. The maximum Gasteiger partial charge on any atom is 0.364 e. The number of ether oxygens (including phenoxy) is 1. The summed E-state index contributed by atoms with van der Waals surface area (Å²) in [7, 11) is 2.07. The molecule has 0 fully saturated rings. The lowest BCUT2D eigenvalue weighted by molar-refractivity contribution is 0.0725. The van der Waals surface area contributed by atoms with Crippen LogP contribution in [0.25, 0.3) is 116 Å². The topological polar surface area (TPSA) is 283 Å². The highest BCUT2D eigenvalue weighted by molar-refractivity contribution is 8.03. The third-order valence-electron chi connectivity index (χ3n) is 25.2. The van der Waals surface area contributed by atoms with Crippen LogP contribution in [0, 0.1) is 48.1 Å². The number of carbonyl (C=O) groups excluding carboxylic acids is 1. The molecule has 11 aromatic carbocycles. The van der Waals surface area contributed by atoms with Gasteiger partial charge in [0.2, 0.25) is 4.96 Å². The van der Waals surface area contributed by atoms with Crippen molar-refractivity contribution in [3.63, 3.8) is 0 Å². The first-order chi connectivity index (χ1) is 71.5. The van der Waals surface area contributed by atoms with Crippen molar-refractivity contribution in [3.8, 4) is 50.1 Å². The SMILES string of the molecule is CCN1/C(=C\C2C(C)=Nn3c2nc2ccccc23)Sc2ccccc21.Cc1[nH]n2c(C)cnc2c1/C=c1/c(C)nn2c(C)cnc12.Cc1cnc2cccnn12.Cc1nc2sc(-c3ccccc3)nn2c1C(=O)Oc1ccccc1.Cn1c(-c2ccccc2)cc2nc3ccccc3n21.[C-]#[N+]C1=Nn2c(nc3ccccc32)C1.c1ccc(N=C2C(c3ccccc3)=Nn3c2nc(-c2ccccc2)c3-c2ccccc2)cc1. The van der Waals surface area contributed by atoms with Crippen molar-refractivity contribution in [2.45, 2.75) is 72.6 Å². The zero-order chi connectivity index (χ0) is 99.6. The average molecular weight is 1950 g/mol. The molecule has 0 bridgehead atoms. The van der Waals surface area contributed by atoms with Crippen LogP contribution in [0.3, 0.4) is 0 Å². The number of anilines is 1. The first kappa shape index (κ1) is 92.2. The number of esters is 1. The Morgan fingerprint density at radius 1 is 0.534 bits per heavy atom. The number of para-hydroxylation sites is 9. The zero-order valence-electron chi connectivity index (χ0n) is 80.9. The summed E-state index contributed by atoms with van der Waals surface area (Å²) in [6, 6.07) is 109. The minimum absolute atomic E-state index is 0.123. The summed E-state index contributed by atoms with van der Waals surface area (Å²) < 4.78 is 22.7. The number of thioether (sulfide) groups is 1. The molecular weight excluding hydrogens is 1860 g/mol. The van der Waals surface area contributed by atoms with E-state index in [9.17, 15) is 4.79 Å². The van der Waals surface area contributed by atoms with Crippen LogP contribution < -0.4 is 14.9 Å². The molecule has 0 aliphatic carbocycles. The van der Waals surface area contributed by atoms with Crippen LogP contribution in [-0.2, 0) is 13.5 Å². The van der Waals surface area contributed by atoms with Crippen LogP contribution >= 0.6 is 23.1 Å². The summed E-state index contributed by atoms with van der Waals surface area (Å²) in [5, 5.41) is 33.7. The largest absolute Gasteiger partial charge is 0.422 e. The van der Waals surface area contributed by atoms with E-state index in [1.165, 1.54) is 38.2 Å². The molecule has 146 heavy (non-hydrogen) atoms. The number of fused-ring (bicyclic) bond motifs is 15. The quantitative estimate of drug-likeness (QED) is 0.0715. The maximum atomic E-state index is 12.5. The number of aliphatic imine (C=N–C) groups is 1. The highest BCUT2D eigenvalue weighted by Crippen LogP contribution is 2.48. The van der Waals surface area contributed by atoms with Gasteiger partial charge in [-0.05, 0) is 163 Å². The average Bonchev–Trinajstić information content (AvgIpc) is 1.57. The van der Waals surface area contributed by atoms with Crippen molar-refractivity contribution in [1.29, 1.82) is 0 Å². The zero-order valence-corrected chi connectivity index (χ0v) is 82.5. The van der Waals surface area contributed by atoms with Gasteiger partial charge in [-0.25, -0.2) is 77.1 Å². The Kier molecular flexibility index (Phi) is 25.3. The summed E-state index contributed by atoms with van der Waals surface area (Å²) in [4.78, 5) is 61.7. The molecular formula is C115H93N27O2S2. The summed E-state index contributed by atoms with van der Waals surface area (Å²) in [6.45, 7) is 24.0. The Morgan fingerprint density at radius 2 is 1.12 bits per heavy atom. The fraction of sp³-hybridized carbons (Fsp3) is 0.104. The molecule has 31 heteroatoms. The summed E-state index contributed by atoms with van der Waals surface area (Å²) in [6.07, 6.45) is 12.3. The van der Waals surface area contributed by atoms with Gasteiger partial charge in [0.1, 0.15) is 45.0 Å². The molecule has 712 valence electrons. The fourth-order valence-corrected chi connectivity index (χ4v) is 20.2. The number of aryl methyl sites for hydroxylation is 7. The Balaban J connectivity index is 0.0000000991. The molecule has 1 unspecified atom stereocenters. The molecule has 0 spiro atoms. The van der Waals surface area contributed by atoms with Gasteiger partial charge in [0.05, 0.1) is 120 Å². The molecule has 17 heterocycles. The first-order valence-corrected chi connectivity index (χ1v) is 49.2. The Morgan fingerprint density at radius 3 is 1.82 bits per heavy atom. The predicted molar refractivity (Wildman–Crippen MR) is 579 cm³/mol. The molecule has 28 rings (SSSR count). The summed E-state index contributed by atoms with van der Waals surface area (Å²) in [5.41, 5.74) is 30.4. The van der Waals surface area contributed by atoms with Gasteiger partial charge in [-0.2, -0.15) is 30.0 Å². The van der Waals surface area contributed by atoms with E-state index in [0.717, 1.165) is 180 Å². The Bertz CT molecular complexity index is 9290. The van der Waals surface area contributed by atoms with E-state index in [2.05, 4.69) is 217 Å². The molecule has 24 aromatic rings. The fourth-order valence-electron chi connectivity index (χ4n) is 18.1. The van der Waals surface area contributed by atoms with Crippen molar-refractivity contribution >= 4 is 130 Å². The molecule has 4 aliphatic heterocycles. The highest BCUT2D eigenvalue weighted by atomic mass is 32.2. The third-order valence-corrected chi connectivity index (χ3v) is 27.3. The van der Waals surface area contributed by atoms with Crippen LogP contribution in [0.15, 0.2) is 389 Å². The first-order valence-electron chi connectivity index (χ1n) is 47.5. The Labute approximate surface area is 845 Å². The standard InChI is InChI=1S/C29H20N4.C20H18N4S.C18H13N3O2S.C16H13N3.C15H16N6.C10H6N4.C7H7N3/c1-5-13-21(14-6-1)25-27(30-24-19-11-4-12-20-24)29-31-26(22-15-7-2-8-16-22)28(33(29)32-25)23-17-9-3-10-18-23;1-3-23-17-10-6-7-11-18(17)25-19(23)12-14-13(2)22-24-16-9-5-4-8-15(16)21-20(14)24;1-12-15(17(22)23-14-10-6-3-7-11-14)21-18(19-12)24-16(20-21)13-8-4-2-5-9-13;1-18-15(12-7-3-2-4-8-12)11-16-17-13-9-5-6-10-14(13)19(16)18;1-8-6-16-14-12(10(3)18-20(8)14)5-13-11(4)19-21-9(2)7-17-15(13)21;1-11-9-6-10-12-7-4-2-3-5-8(7)14(10)13-9;1-6-5-8-7-3-2-4-9-10(6)7/h1-20H;4-12,14H,3H2,1-2H3;2-11H,1H3;2-11H,1H3;5-7,18H,1-4H3;2-5H,6H2;2-5H,1H3/b;19-12+;;;13-5-;;. The van der Waals surface area contributed by atoms with Crippen LogP contribution in [0.2, 0.25) is 0 Å². The number of hydrogen-bond acceptors (Lipinski definition) is 20. The summed E-state index contributed by atoms with van der Waals surface area (Å²) in [5.74, 6) is 3.29. The van der Waals surface area contributed by atoms with E-state index < -0.39 is 5.97 Å². The number of rotatable bonds is 11. The number of imidazole rings is 8. The van der Waals surface area contributed by atoms with Gasteiger partial charge in [0.15, 0.2) is 34.1 Å². The minimum Gasteiger partial charge on any atom is -0.422 e. The second kappa shape index (κ2) is 40.1. The smallest absolute Gasteiger partial charge is 0.364 e. The highest BCUT2D eigenvalue weighted by Gasteiger charge is 2.35. The number of benzene rings is 11. The second-order valence-corrected chi connectivity index (χ2v) is 36.8. The van der Waals surface area contributed by atoms with E-state index in [4.69, 9.17) is 36.5 Å². The number of aromatic amines is 1. The monoisotopic (exact) mass is 1950 g/mol. The van der Waals surface area contributed by atoms with Gasteiger partial charge in [-0.3, -0.25) is 9.78 Å². The van der Waals surface area contributed by atoms with Crippen molar-refractivity contribution in [1.82, 2.24) is 102 Å². The van der Waals surface area contributed by atoms with Gasteiger partial charge in [0.25, 0.3) is 5.84 Å². The van der Waals surface area contributed by atoms with Crippen LogP contribution in [-0.4, -0.2) is 137 Å². The van der Waals surface area contributed by atoms with Crippen LogP contribution in [0.5, 0.6) is 5.75 Å². The van der Waals surface area contributed by atoms with E-state index in [1.54, 1.807) is 39.0 Å². The van der Waals surface area contributed by atoms with Crippen LogP contribution in [0.4, 0.5) is 11.4 Å². The molecule has 0 saturated carbocycles. The number of nitrogens with one attached hydrogen (secondary N) is 1. The molecule has 0 amide bonds. The van der Waals surface area contributed by atoms with Crippen molar-refractivity contribution in [2.75, 3.05) is 11.4 Å². The number of nitrogens with zero attached hydrogens (tertiary/aromatic N) is 26. The number of amidine groups is 1. The normalized spacial score (nSPS) is 13.8. The van der Waals surface area contributed by atoms with Gasteiger partial charge in [-0.1, -0.05) is 266 Å². The van der Waals surface area contributed by atoms with Crippen molar-refractivity contribution in [3.05, 3.63) is 449 Å². The molecule has 29 nitrogen and oxygen atoms in total. The lowest BCUT2D eigenvalue weighted by Gasteiger charge is -2.19. The van der Waals surface area contributed by atoms with Gasteiger partial charge < -0.3 is 14.5 Å². The van der Waals surface area contributed by atoms with E-state index in [0.29, 0.717) is 34.4 Å². The minimum atomic E-state index is -0.462. The maximum absolute atomic E-state index is 12.5. The Hall–Kier alpha value is -18.8. The molecule has 13 aromatic heterocycles. The lowest BCUT2D eigenvalue weighted by Crippen LogP contribution is -2.18. The van der Waals surface area contributed by atoms with Crippen molar-refractivity contribution in [2.24, 2.45) is 27.3 Å². The predicted octanol–water partition coefficient (Wildman–Crippen LogP) is 23.1. The number of allylic oxidation sites excluding steroid dienone is 1. The number of aromatic nitrogens is 21. The molecule has 0 saturated heterocycles. The van der Waals surface area contributed by atoms with E-state index >= 15 is 0 Å². The van der Waals surface area contributed by atoms with Gasteiger partial charge in [0, 0.05) is 69.5 Å². The second-order valence-electron chi connectivity index (χ2n) is 34.8. The van der Waals surface area contributed by atoms with Gasteiger partial charge in [-0.15, -0.1) is 4.68 Å². The molecule has 1 atom stereocenters. The van der Waals surface area contributed by atoms with Gasteiger partial charge >= 0.3 is 5.97 Å². The van der Waals surface area contributed by atoms with Crippen LogP contribution in [0.1, 0.15) is 93.0 Å². The van der Waals surface area contributed by atoms with E-state index in [1.807, 2.05) is 289 Å². The lowest BCUT2D eigenvalue weighted by atomic mass is 10.0. The molecule has 4 aliphatic rings. The number of carbonyl (C=O) groups is 1.